The molecular formula is C10H13N3O. The van der Waals surface area contributed by atoms with Crippen molar-refractivity contribution in [2.75, 3.05) is 0 Å². The van der Waals surface area contributed by atoms with E-state index in [4.69, 9.17) is 16.6 Å². The third-order valence-electron chi connectivity index (χ3n) is 1.52. The summed E-state index contributed by atoms with van der Waals surface area (Å²) >= 11 is 0. The molecule has 1 atom stereocenters. The van der Waals surface area contributed by atoms with Crippen LogP contribution in [0.15, 0.2) is 9.99 Å². The van der Waals surface area contributed by atoms with E-state index >= 15 is 0 Å². The molecule has 1 heterocycles. The molecule has 4 nitrogen and oxygen atoms in total. The summed E-state index contributed by atoms with van der Waals surface area (Å²) in [5, 5.41) is 7.62. The van der Waals surface area contributed by atoms with Gasteiger partial charge >= 0.3 is 0 Å². The van der Waals surface area contributed by atoms with Crippen LogP contribution in [0.25, 0.3) is 6.08 Å². The summed E-state index contributed by atoms with van der Waals surface area (Å²) in [4.78, 5) is 0. The van der Waals surface area contributed by atoms with Crippen molar-refractivity contribution in [1.29, 1.82) is 0 Å². The van der Waals surface area contributed by atoms with Gasteiger partial charge in [-0.2, -0.15) is 0 Å². The zero-order valence-corrected chi connectivity index (χ0v) is 8.32. The lowest BCUT2D eigenvalue weighted by atomic mass is 10.2. The van der Waals surface area contributed by atoms with Crippen molar-refractivity contribution in [3.63, 3.8) is 0 Å². The largest absolute Gasteiger partial charge is 0.420 e. The Hall–Kier alpha value is -1.60. The zero-order valence-electron chi connectivity index (χ0n) is 8.32. The Kier molecular flexibility index (Phi) is 3.43. The lowest BCUT2D eigenvalue weighted by molar-refractivity contribution is 0.446. The smallest absolute Gasteiger partial charge is 0.240 e. The Bertz CT molecular complexity index is 369. The molecule has 0 bridgehead atoms. The molecule has 14 heavy (non-hydrogen) atoms. The number of nitrogens with two attached hydrogens (primary N) is 1. The number of rotatable bonds is 3. The van der Waals surface area contributed by atoms with E-state index in [-0.39, 0.29) is 6.04 Å². The minimum absolute atomic E-state index is 0.369. The summed E-state index contributed by atoms with van der Waals surface area (Å²) in [5.74, 6) is 3.30. The highest BCUT2D eigenvalue weighted by Crippen LogP contribution is 2.13. The topological polar surface area (TPSA) is 64.9 Å². The molecule has 0 fully saturated rings. The van der Waals surface area contributed by atoms with Crippen LogP contribution in [0, 0.1) is 12.3 Å². The van der Waals surface area contributed by atoms with Gasteiger partial charge in [0.05, 0.1) is 6.04 Å². The monoisotopic (exact) mass is 191 g/mol. The minimum atomic E-state index is -0.369. The highest BCUT2D eigenvalue weighted by atomic mass is 16.4. The minimum Gasteiger partial charge on any atom is -0.420 e. The standard InChI is InChI=1S/C10H13N3O/c1-4-5-8(11)10-13-12-9(14-10)6-7(2)3/h1,6,8H,5,11H2,2-3H3. The maximum absolute atomic E-state index is 5.69. The molecule has 0 aliphatic rings. The zero-order chi connectivity index (χ0) is 10.6. The van der Waals surface area contributed by atoms with Gasteiger partial charge in [0.2, 0.25) is 11.8 Å². The third kappa shape index (κ3) is 2.71. The molecule has 0 radical (unpaired) electrons. The Morgan fingerprint density at radius 3 is 2.93 bits per heavy atom. The molecule has 1 aromatic heterocycles. The maximum atomic E-state index is 5.69. The van der Waals surface area contributed by atoms with E-state index in [9.17, 15) is 0 Å². The van der Waals surface area contributed by atoms with Gasteiger partial charge in [-0.15, -0.1) is 22.5 Å². The molecule has 1 rings (SSSR count). The van der Waals surface area contributed by atoms with Gasteiger partial charge in [0.25, 0.3) is 0 Å². The Morgan fingerprint density at radius 1 is 1.64 bits per heavy atom. The van der Waals surface area contributed by atoms with Crippen molar-refractivity contribution < 1.29 is 4.42 Å². The summed E-state index contributed by atoms with van der Waals surface area (Å²) < 4.78 is 5.29. The van der Waals surface area contributed by atoms with Crippen molar-refractivity contribution in [2.45, 2.75) is 26.3 Å². The van der Waals surface area contributed by atoms with Gasteiger partial charge in [0, 0.05) is 12.5 Å². The number of terminal acetylenes is 1. The number of nitrogens with zero attached hydrogens (tertiary/aromatic N) is 2. The van der Waals surface area contributed by atoms with Crippen LogP contribution in [-0.4, -0.2) is 10.2 Å². The van der Waals surface area contributed by atoms with E-state index in [1.54, 1.807) is 6.08 Å². The Morgan fingerprint density at radius 2 is 2.36 bits per heavy atom. The first kappa shape index (κ1) is 10.5. The second kappa shape index (κ2) is 4.58. The molecule has 0 aromatic carbocycles. The lowest BCUT2D eigenvalue weighted by Gasteiger charge is -1.99. The van der Waals surface area contributed by atoms with Crippen LogP contribution >= 0.6 is 0 Å². The predicted molar refractivity (Wildman–Crippen MR) is 54.0 cm³/mol. The van der Waals surface area contributed by atoms with E-state index in [1.807, 2.05) is 13.8 Å². The molecule has 1 aromatic rings. The molecular weight excluding hydrogens is 178 g/mol. The molecule has 1 unspecified atom stereocenters. The summed E-state index contributed by atoms with van der Waals surface area (Å²) in [5.41, 5.74) is 6.78. The predicted octanol–water partition coefficient (Wildman–Crippen LogP) is 1.52. The number of hydrogen-bond donors (Lipinski definition) is 1. The summed E-state index contributed by atoms with van der Waals surface area (Å²) in [7, 11) is 0. The SMILES string of the molecule is C#CCC(N)c1nnc(C=C(C)C)o1. The van der Waals surface area contributed by atoms with Crippen LogP contribution in [0.5, 0.6) is 0 Å². The molecule has 74 valence electrons. The molecule has 2 N–H and O–H groups in total. The third-order valence-corrected chi connectivity index (χ3v) is 1.52. The van der Waals surface area contributed by atoms with Crippen LogP contribution in [0.2, 0.25) is 0 Å². The average Bonchev–Trinajstić information content (AvgIpc) is 2.52. The number of aromatic nitrogens is 2. The molecule has 0 aliphatic heterocycles. The van der Waals surface area contributed by atoms with Crippen molar-refractivity contribution in [2.24, 2.45) is 5.73 Å². The highest BCUT2D eigenvalue weighted by Gasteiger charge is 2.11. The average molecular weight is 191 g/mol. The van der Waals surface area contributed by atoms with Crippen molar-refractivity contribution in [3.05, 3.63) is 17.4 Å². The maximum Gasteiger partial charge on any atom is 0.240 e. The van der Waals surface area contributed by atoms with Gasteiger partial charge < -0.3 is 10.2 Å². The van der Waals surface area contributed by atoms with Gasteiger partial charge in [-0.05, 0) is 13.8 Å². The van der Waals surface area contributed by atoms with Gasteiger partial charge in [-0.25, -0.2) is 0 Å². The second-order valence-electron chi connectivity index (χ2n) is 3.21. The van der Waals surface area contributed by atoms with E-state index in [0.717, 1.165) is 5.57 Å². The van der Waals surface area contributed by atoms with Crippen LogP contribution in [0.3, 0.4) is 0 Å². The Labute approximate surface area is 83.2 Å². The van der Waals surface area contributed by atoms with Crippen molar-refractivity contribution >= 4 is 6.08 Å². The number of allylic oxidation sites excluding steroid dienone is 1. The summed E-state index contributed by atoms with van der Waals surface area (Å²) in [6, 6.07) is -0.369. The van der Waals surface area contributed by atoms with Gasteiger partial charge in [0.15, 0.2) is 0 Å². The Balaban J connectivity index is 2.78. The quantitative estimate of drug-likeness (QED) is 0.735. The van der Waals surface area contributed by atoms with Gasteiger partial charge in [-0.1, -0.05) is 5.57 Å². The van der Waals surface area contributed by atoms with E-state index in [0.29, 0.717) is 18.2 Å². The van der Waals surface area contributed by atoms with Crippen LogP contribution < -0.4 is 5.73 Å². The van der Waals surface area contributed by atoms with Crippen LogP contribution in [0.4, 0.5) is 0 Å². The second-order valence-corrected chi connectivity index (χ2v) is 3.21. The molecule has 0 spiro atoms. The number of hydrogen-bond acceptors (Lipinski definition) is 4. The van der Waals surface area contributed by atoms with Crippen LogP contribution in [-0.2, 0) is 0 Å². The molecule has 4 heteroatoms. The normalized spacial score (nSPS) is 11.9. The molecule has 0 amide bonds. The molecule has 0 saturated carbocycles. The van der Waals surface area contributed by atoms with Gasteiger partial charge in [-0.3, -0.25) is 0 Å². The lowest BCUT2D eigenvalue weighted by Crippen LogP contribution is -2.09. The van der Waals surface area contributed by atoms with E-state index in [2.05, 4.69) is 16.1 Å². The first-order chi connectivity index (χ1) is 6.63. The molecule has 0 saturated heterocycles. The fraction of sp³-hybridized carbons (Fsp3) is 0.400. The van der Waals surface area contributed by atoms with E-state index < -0.39 is 0 Å². The highest BCUT2D eigenvalue weighted by molar-refractivity contribution is 5.40. The van der Waals surface area contributed by atoms with Crippen LogP contribution in [0.1, 0.15) is 38.1 Å². The van der Waals surface area contributed by atoms with E-state index in [1.165, 1.54) is 0 Å². The van der Waals surface area contributed by atoms with Crippen molar-refractivity contribution in [1.82, 2.24) is 10.2 Å². The fourth-order valence-electron chi connectivity index (χ4n) is 0.916. The van der Waals surface area contributed by atoms with Gasteiger partial charge in [0.1, 0.15) is 0 Å². The molecule has 0 aliphatic carbocycles. The van der Waals surface area contributed by atoms with Crippen molar-refractivity contribution in [3.8, 4) is 12.3 Å². The summed E-state index contributed by atoms with van der Waals surface area (Å²) in [6.45, 7) is 3.90. The first-order valence-electron chi connectivity index (χ1n) is 4.31. The first-order valence-corrected chi connectivity index (χ1v) is 4.31. The fourth-order valence-corrected chi connectivity index (χ4v) is 0.916. The summed E-state index contributed by atoms with van der Waals surface area (Å²) in [6.07, 6.45) is 7.31.